The van der Waals surface area contributed by atoms with Gasteiger partial charge in [-0.3, -0.25) is 9.89 Å². The van der Waals surface area contributed by atoms with Crippen LogP contribution in [0.1, 0.15) is 35.0 Å². The highest BCUT2D eigenvalue weighted by atomic mass is 19.4. The minimum absolute atomic E-state index is 0.144. The molecule has 1 aromatic heterocycles. The average molecular weight is 373 g/mol. The SMILES string of the molecule is CCCc1[nH]nc(-c2ccccc2)c1NC(=O)c1ccc(C(F)(F)F)cc1. The Morgan fingerprint density at radius 2 is 1.74 bits per heavy atom. The topological polar surface area (TPSA) is 57.8 Å². The van der Waals surface area contributed by atoms with Gasteiger partial charge in [0.2, 0.25) is 0 Å². The number of benzene rings is 2. The number of halogens is 3. The Kier molecular flexibility index (Phi) is 5.30. The average Bonchev–Trinajstić information content (AvgIpc) is 3.04. The lowest BCUT2D eigenvalue weighted by atomic mass is 10.1. The van der Waals surface area contributed by atoms with Crippen molar-refractivity contribution in [1.82, 2.24) is 10.2 Å². The molecule has 0 fully saturated rings. The fourth-order valence-electron chi connectivity index (χ4n) is 2.74. The Labute approximate surface area is 154 Å². The van der Waals surface area contributed by atoms with E-state index in [1.54, 1.807) is 0 Å². The van der Waals surface area contributed by atoms with Gasteiger partial charge in [-0.1, -0.05) is 43.7 Å². The second-order valence-electron chi connectivity index (χ2n) is 6.07. The molecule has 7 heteroatoms. The van der Waals surface area contributed by atoms with E-state index in [9.17, 15) is 18.0 Å². The third-order valence-corrected chi connectivity index (χ3v) is 4.10. The molecule has 2 N–H and O–H groups in total. The smallest absolute Gasteiger partial charge is 0.319 e. The van der Waals surface area contributed by atoms with Crippen LogP contribution in [-0.2, 0) is 12.6 Å². The van der Waals surface area contributed by atoms with E-state index in [2.05, 4.69) is 15.5 Å². The number of hydrogen-bond donors (Lipinski definition) is 2. The molecule has 140 valence electrons. The summed E-state index contributed by atoms with van der Waals surface area (Å²) in [7, 11) is 0. The van der Waals surface area contributed by atoms with Gasteiger partial charge >= 0.3 is 6.18 Å². The Hall–Kier alpha value is -3.09. The maximum absolute atomic E-state index is 12.7. The zero-order valence-electron chi connectivity index (χ0n) is 14.6. The van der Waals surface area contributed by atoms with Crippen LogP contribution in [0.25, 0.3) is 11.3 Å². The van der Waals surface area contributed by atoms with Crippen LogP contribution in [0.15, 0.2) is 54.6 Å². The number of carbonyl (C=O) groups is 1. The van der Waals surface area contributed by atoms with Gasteiger partial charge in [-0.15, -0.1) is 0 Å². The molecule has 4 nitrogen and oxygen atoms in total. The molecule has 3 rings (SSSR count). The van der Waals surface area contributed by atoms with Crippen molar-refractivity contribution in [3.8, 4) is 11.3 Å². The number of H-pyrrole nitrogens is 1. The summed E-state index contributed by atoms with van der Waals surface area (Å²) in [5.41, 5.74) is 2.10. The Balaban J connectivity index is 1.90. The summed E-state index contributed by atoms with van der Waals surface area (Å²) in [6.45, 7) is 2.00. The molecule has 0 aliphatic heterocycles. The highest BCUT2D eigenvalue weighted by Crippen LogP contribution is 2.31. The van der Waals surface area contributed by atoms with Crippen molar-refractivity contribution in [3.05, 3.63) is 71.4 Å². The van der Waals surface area contributed by atoms with Crippen LogP contribution in [0.5, 0.6) is 0 Å². The van der Waals surface area contributed by atoms with Gasteiger partial charge in [-0.05, 0) is 30.7 Å². The van der Waals surface area contributed by atoms with Gasteiger partial charge in [0.25, 0.3) is 5.91 Å². The van der Waals surface area contributed by atoms with Gasteiger partial charge in [0.05, 0.1) is 16.9 Å². The first-order chi connectivity index (χ1) is 12.9. The second-order valence-corrected chi connectivity index (χ2v) is 6.07. The van der Waals surface area contributed by atoms with Crippen LogP contribution in [0.4, 0.5) is 18.9 Å². The molecule has 2 aromatic carbocycles. The largest absolute Gasteiger partial charge is 0.416 e. The summed E-state index contributed by atoms with van der Waals surface area (Å²) in [5, 5.41) is 10.1. The molecule has 0 bridgehead atoms. The molecule has 0 saturated heterocycles. The van der Waals surface area contributed by atoms with Crippen LogP contribution in [0.2, 0.25) is 0 Å². The van der Waals surface area contributed by atoms with Crippen LogP contribution >= 0.6 is 0 Å². The van der Waals surface area contributed by atoms with Crippen LogP contribution in [-0.4, -0.2) is 16.1 Å². The molecule has 0 radical (unpaired) electrons. The van der Waals surface area contributed by atoms with E-state index in [0.717, 1.165) is 29.8 Å². The number of alkyl halides is 3. The number of rotatable bonds is 5. The molecule has 1 heterocycles. The van der Waals surface area contributed by atoms with Gasteiger partial charge in [-0.25, -0.2) is 0 Å². The number of aromatic amines is 1. The maximum atomic E-state index is 12.7. The second kappa shape index (κ2) is 7.65. The molecule has 0 spiro atoms. The van der Waals surface area contributed by atoms with Gasteiger partial charge in [0.15, 0.2) is 0 Å². The molecule has 0 unspecified atom stereocenters. The van der Waals surface area contributed by atoms with Crippen molar-refractivity contribution >= 4 is 11.6 Å². The minimum Gasteiger partial charge on any atom is -0.319 e. The standard InChI is InChI=1S/C20H18F3N3O/c1-2-6-16-18(17(26-25-16)13-7-4-3-5-8-13)24-19(27)14-9-11-15(12-10-14)20(21,22)23/h3-5,7-12H,2,6H2,1H3,(H,24,27)(H,25,26). The van der Waals surface area contributed by atoms with Crippen molar-refractivity contribution in [2.45, 2.75) is 25.9 Å². The fourth-order valence-corrected chi connectivity index (χ4v) is 2.74. The Morgan fingerprint density at radius 3 is 2.33 bits per heavy atom. The molecule has 0 aliphatic carbocycles. The van der Waals surface area contributed by atoms with E-state index < -0.39 is 17.6 Å². The molecular formula is C20H18F3N3O. The van der Waals surface area contributed by atoms with Crippen molar-refractivity contribution in [2.75, 3.05) is 5.32 Å². The van der Waals surface area contributed by atoms with Crippen LogP contribution in [0.3, 0.4) is 0 Å². The summed E-state index contributed by atoms with van der Waals surface area (Å²) < 4.78 is 38.1. The van der Waals surface area contributed by atoms with Crippen molar-refractivity contribution in [3.63, 3.8) is 0 Å². The summed E-state index contributed by atoms with van der Waals surface area (Å²) in [6, 6.07) is 13.5. The lowest BCUT2D eigenvalue weighted by molar-refractivity contribution is -0.137. The van der Waals surface area contributed by atoms with Crippen LogP contribution in [0, 0.1) is 0 Å². The Morgan fingerprint density at radius 1 is 1.07 bits per heavy atom. The summed E-state index contributed by atoms with van der Waals surface area (Å²) in [6.07, 6.45) is -2.91. The van der Waals surface area contributed by atoms with E-state index in [1.807, 2.05) is 37.3 Å². The number of carbonyl (C=O) groups excluding carboxylic acids is 1. The third-order valence-electron chi connectivity index (χ3n) is 4.10. The normalized spacial score (nSPS) is 11.4. The number of aromatic nitrogens is 2. The van der Waals surface area contributed by atoms with Gasteiger partial charge in [-0.2, -0.15) is 18.3 Å². The predicted octanol–water partition coefficient (Wildman–Crippen LogP) is 5.30. The molecule has 0 aliphatic rings. The number of hydrogen-bond acceptors (Lipinski definition) is 2. The highest BCUT2D eigenvalue weighted by Gasteiger charge is 2.30. The first kappa shape index (κ1) is 18.7. The first-order valence-electron chi connectivity index (χ1n) is 8.51. The fraction of sp³-hybridized carbons (Fsp3) is 0.200. The van der Waals surface area contributed by atoms with E-state index in [0.29, 0.717) is 17.8 Å². The van der Waals surface area contributed by atoms with Crippen molar-refractivity contribution in [2.24, 2.45) is 0 Å². The van der Waals surface area contributed by atoms with Gasteiger partial charge < -0.3 is 5.32 Å². The lowest BCUT2D eigenvalue weighted by Gasteiger charge is -2.10. The molecular weight excluding hydrogens is 355 g/mol. The maximum Gasteiger partial charge on any atom is 0.416 e. The van der Waals surface area contributed by atoms with E-state index in [4.69, 9.17) is 0 Å². The molecule has 0 saturated carbocycles. The number of nitrogens with zero attached hydrogens (tertiary/aromatic N) is 1. The zero-order chi connectivity index (χ0) is 19.4. The summed E-state index contributed by atoms with van der Waals surface area (Å²) >= 11 is 0. The lowest BCUT2D eigenvalue weighted by Crippen LogP contribution is -2.14. The highest BCUT2D eigenvalue weighted by molar-refractivity contribution is 6.06. The number of anilines is 1. The van der Waals surface area contributed by atoms with E-state index in [-0.39, 0.29) is 5.56 Å². The number of nitrogens with one attached hydrogen (secondary N) is 2. The molecule has 1 amide bonds. The van der Waals surface area contributed by atoms with Crippen molar-refractivity contribution in [1.29, 1.82) is 0 Å². The molecule has 0 atom stereocenters. The Bertz CT molecular complexity index is 916. The third kappa shape index (κ3) is 4.19. The number of amides is 1. The van der Waals surface area contributed by atoms with Crippen LogP contribution < -0.4 is 5.32 Å². The minimum atomic E-state index is -4.44. The van der Waals surface area contributed by atoms with Gasteiger partial charge in [0.1, 0.15) is 5.69 Å². The van der Waals surface area contributed by atoms with Gasteiger partial charge in [0, 0.05) is 11.1 Å². The number of aryl methyl sites for hydroxylation is 1. The molecule has 27 heavy (non-hydrogen) atoms. The summed E-state index contributed by atoms with van der Waals surface area (Å²) in [5.74, 6) is -0.486. The summed E-state index contributed by atoms with van der Waals surface area (Å²) in [4.78, 5) is 12.6. The zero-order valence-corrected chi connectivity index (χ0v) is 14.6. The van der Waals surface area contributed by atoms with E-state index in [1.165, 1.54) is 12.1 Å². The molecule has 3 aromatic rings. The monoisotopic (exact) mass is 373 g/mol. The predicted molar refractivity (Wildman–Crippen MR) is 97.4 cm³/mol. The van der Waals surface area contributed by atoms with E-state index >= 15 is 0 Å². The quantitative estimate of drug-likeness (QED) is 0.638. The first-order valence-corrected chi connectivity index (χ1v) is 8.51. The van der Waals surface area contributed by atoms with Crippen molar-refractivity contribution < 1.29 is 18.0 Å².